The molecule has 3 aromatic rings. The molecule has 5 rings (SSSR count). The smallest absolute Gasteiger partial charge is 0.245 e. The van der Waals surface area contributed by atoms with Crippen LogP contribution >= 0.6 is 0 Å². The van der Waals surface area contributed by atoms with Gasteiger partial charge in [-0.25, -0.2) is 14.4 Å². The fourth-order valence-corrected chi connectivity index (χ4v) is 4.61. The molecule has 2 fully saturated rings. The molecule has 0 spiro atoms. The number of hydrogen-bond donors (Lipinski definition) is 2. The lowest BCUT2D eigenvalue weighted by molar-refractivity contribution is 0.0876. The number of methoxy groups -OCH3 is 1. The number of rotatable bonds is 5. The van der Waals surface area contributed by atoms with Gasteiger partial charge in [-0.15, -0.1) is 10.2 Å². The Balaban J connectivity index is 1.34. The number of imidazole rings is 1. The molecule has 0 saturated carbocycles. The van der Waals surface area contributed by atoms with Gasteiger partial charge in [-0.1, -0.05) is 0 Å². The van der Waals surface area contributed by atoms with Gasteiger partial charge in [0, 0.05) is 50.3 Å². The second-order valence-corrected chi connectivity index (χ2v) is 8.06. The van der Waals surface area contributed by atoms with Crippen LogP contribution in [0.5, 0.6) is 5.75 Å². The van der Waals surface area contributed by atoms with Gasteiger partial charge >= 0.3 is 0 Å². The lowest BCUT2D eigenvalue weighted by Gasteiger charge is -2.38. The van der Waals surface area contributed by atoms with Crippen molar-refractivity contribution < 1.29 is 14.2 Å². The number of alkyl halides is 1. The van der Waals surface area contributed by atoms with Crippen LogP contribution in [0.2, 0.25) is 0 Å². The van der Waals surface area contributed by atoms with E-state index in [2.05, 4.69) is 25.5 Å². The van der Waals surface area contributed by atoms with Crippen LogP contribution in [-0.4, -0.2) is 74.4 Å². The Morgan fingerprint density at radius 2 is 2.13 bits per heavy atom. The van der Waals surface area contributed by atoms with Crippen molar-refractivity contribution in [2.45, 2.75) is 43.2 Å². The summed E-state index contributed by atoms with van der Waals surface area (Å²) in [6, 6.07) is 4.77. The molecule has 2 bridgehead atoms. The lowest BCUT2D eigenvalue weighted by Crippen LogP contribution is -2.56. The summed E-state index contributed by atoms with van der Waals surface area (Å²) in [6.07, 6.45) is 6.90. The fraction of sp³-hybridized carbons (Fsp3) is 0.429. The van der Waals surface area contributed by atoms with E-state index in [4.69, 9.17) is 4.74 Å². The molecule has 5 atom stereocenters. The van der Waals surface area contributed by atoms with Crippen LogP contribution in [0.4, 0.5) is 10.3 Å². The summed E-state index contributed by atoms with van der Waals surface area (Å²) in [7, 11) is 3.46. The Bertz CT molecular complexity index is 1050. The maximum Gasteiger partial charge on any atom is 0.245 e. The largest absolute Gasteiger partial charge is 0.507 e. The molecule has 2 aliphatic rings. The van der Waals surface area contributed by atoms with Crippen molar-refractivity contribution in [3.63, 3.8) is 0 Å². The molecule has 0 amide bonds. The molecule has 2 saturated heterocycles. The van der Waals surface area contributed by atoms with Crippen molar-refractivity contribution in [2.24, 2.45) is 0 Å². The van der Waals surface area contributed by atoms with E-state index in [1.54, 1.807) is 60.7 Å². The number of benzene rings is 1. The molecule has 9 nitrogen and oxygen atoms in total. The minimum atomic E-state index is -1.05. The predicted octanol–water partition coefficient (Wildman–Crippen LogP) is 1.72. The maximum absolute atomic E-state index is 15.1. The normalized spacial score (nSPS) is 27.4. The second-order valence-electron chi connectivity index (χ2n) is 8.06. The quantitative estimate of drug-likeness (QED) is 0.637. The van der Waals surface area contributed by atoms with E-state index in [0.717, 1.165) is 5.69 Å². The van der Waals surface area contributed by atoms with Crippen molar-refractivity contribution in [1.82, 2.24) is 30.0 Å². The topological polar surface area (TPSA) is 101 Å². The van der Waals surface area contributed by atoms with E-state index in [1.807, 2.05) is 6.07 Å². The highest BCUT2D eigenvalue weighted by Gasteiger charge is 2.48. The third-order valence-electron chi connectivity index (χ3n) is 6.34. The van der Waals surface area contributed by atoms with Gasteiger partial charge in [0.25, 0.3) is 0 Å². The first-order valence-electron chi connectivity index (χ1n) is 10.2. The van der Waals surface area contributed by atoms with Gasteiger partial charge in [0.2, 0.25) is 5.95 Å². The highest BCUT2D eigenvalue weighted by Crippen LogP contribution is 2.34. The minimum Gasteiger partial charge on any atom is -0.507 e. The highest BCUT2D eigenvalue weighted by atomic mass is 19.1. The molecule has 2 aliphatic heterocycles. The Hall–Kier alpha value is -3.11. The van der Waals surface area contributed by atoms with Crippen molar-refractivity contribution in [2.75, 3.05) is 19.1 Å². The minimum absolute atomic E-state index is 0.0244. The van der Waals surface area contributed by atoms with Crippen molar-refractivity contribution in [3.8, 4) is 22.7 Å². The van der Waals surface area contributed by atoms with E-state index in [-0.39, 0.29) is 30.0 Å². The average molecular weight is 425 g/mol. The number of aromatic nitrogens is 5. The first-order chi connectivity index (χ1) is 15.0. The fourth-order valence-electron chi connectivity index (χ4n) is 4.61. The third kappa shape index (κ3) is 3.51. The monoisotopic (exact) mass is 425 g/mol. The Morgan fingerprint density at radius 1 is 1.26 bits per heavy atom. The van der Waals surface area contributed by atoms with Crippen LogP contribution in [0, 0.1) is 0 Å². The summed E-state index contributed by atoms with van der Waals surface area (Å²) in [5.74, 6) is 0.411. The number of aromatic hydroxyl groups is 1. The summed E-state index contributed by atoms with van der Waals surface area (Å²) in [5, 5.41) is 22.2. The van der Waals surface area contributed by atoms with Crippen LogP contribution in [0.25, 0.3) is 16.9 Å². The number of halogens is 1. The van der Waals surface area contributed by atoms with Crippen molar-refractivity contribution >= 4 is 5.95 Å². The van der Waals surface area contributed by atoms with Crippen LogP contribution < -0.4 is 10.2 Å². The van der Waals surface area contributed by atoms with Gasteiger partial charge in [0.15, 0.2) is 0 Å². The Morgan fingerprint density at radius 3 is 2.81 bits per heavy atom. The standard InChI is InChI=1S/C21H24FN7O2/c1-28(17-8-14-19(31-2)9-15(25-14)20(17)22)21-24-10-16(26-27-21)13-4-3-12(7-18(13)30)29-6-5-23-11-29/h3-7,10-11,14-15,17,19-20,25,30H,8-9H2,1-2H3/t14-,15-,17+,19+,20+/m0/s1. The second kappa shape index (κ2) is 7.86. The number of phenolic OH excluding ortho intramolecular Hbond substituents is 1. The number of fused-ring (bicyclic) bond motifs is 2. The predicted molar refractivity (Wildman–Crippen MR) is 112 cm³/mol. The molecule has 10 heteroatoms. The first-order valence-corrected chi connectivity index (χ1v) is 10.2. The summed E-state index contributed by atoms with van der Waals surface area (Å²) < 4.78 is 22.3. The summed E-state index contributed by atoms with van der Waals surface area (Å²) in [6.45, 7) is 0. The summed E-state index contributed by atoms with van der Waals surface area (Å²) in [4.78, 5) is 10.2. The van der Waals surface area contributed by atoms with Crippen LogP contribution in [0.15, 0.2) is 43.1 Å². The number of hydrogen-bond acceptors (Lipinski definition) is 8. The molecular weight excluding hydrogens is 401 g/mol. The summed E-state index contributed by atoms with van der Waals surface area (Å²) >= 11 is 0. The zero-order valence-electron chi connectivity index (χ0n) is 17.3. The molecule has 0 unspecified atom stereocenters. The number of nitrogens with zero attached hydrogens (tertiary/aromatic N) is 6. The maximum atomic E-state index is 15.1. The van der Waals surface area contributed by atoms with E-state index in [0.29, 0.717) is 30.0 Å². The lowest BCUT2D eigenvalue weighted by atomic mass is 9.96. The van der Waals surface area contributed by atoms with E-state index < -0.39 is 6.17 Å². The number of piperidine rings is 1. The molecule has 0 radical (unpaired) electrons. The van der Waals surface area contributed by atoms with E-state index in [9.17, 15) is 5.11 Å². The zero-order chi connectivity index (χ0) is 21.5. The van der Waals surface area contributed by atoms with Gasteiger partial charge in [-0.3, -0.25) is 0 Å². The van der Waals surface area contributed by atoms with Crippen molar-refractivity contribution in [3.05, 3.63) is 43.1 Å². The van der Waals surface area contributed by atoms with Gasteiger partial charge in [0.05, 0.1) is 30.4 Å². The third-order valence-corrected chi connectivity index (χ3v) is 6.34. The SMILES string of the molecule is CO[C@@H]1C[C@@H]2N[C@H]1C[C@@H](N(C)c1ncc(-c3ccc(-n4ccnc4)cc3O)nn1)[C@@H]2F. The van der Waals surface area contributed by atoms with Gasteiger partial charge < -0.3 is 24.6 Å². The molecule has 0 aliphatic carbocycles. The van der Waals surface area contributed by atoms with E-state index in [1.165, 1.54) is 0 Å². The molecule has 31 heavy (non-hydrogen) atoms. The molecule has 2 aromatic heterocycles. The van der Waals surface area contributed by atoms with Crippen LogP contribution in [0.1, 0.15) is 12.8 Å². The van der Waals surface area contributed by atoms with Crippen LogP contribution in [0.3, 0.4) is 0 Å². The first kappa shape index (κ1) is 19.8. The van der Waals surface area contributed by atoms with Gasteiger partial charge in [-0.2, -0.15) is 0 Å². The Kier molecular flexibility index (Phi) is 5.03. The Labute approximate surface area is 178 Å². The summed E-state index contributed by atoms with van der Waals surface area (Å²) in [5.41, 5.74) is 1.73. The van der Waals surface area contributed by atoms with Crippen molar-refractivity contribution in [1.29, 1.82) is 0 Å². The number of nitrogens with one attached hydrogen (secondary N) is 1. The molecule has 162 valence electrons. The number of anilines is 1. The molecule has 4 heterocycles. The van der Waals surface area contributed by atoms with Gasteiger partial charge in [-0.05, 0) is 25.0 Å². The molecule has 2 N–H and O–H groups in total. The molecular formula is C21H24FN7O2. The number of ether oxygens (including phenoxy) is 1. The zero-order valence-corrected chi connectivity index (χ0v) is 17.3. The van der Waals surface area contributed by atoms with E-state index >= 15 is 4.39 Å². The highest BCUT2D eigenvalue weighted by molar-refractivity contribution is 5.68. The van der Waals surface area contributed by atoms with Gasteiger partial charge in [0.1, 0.15) is 17.6 Å². The van der Waals surface area contributed by atoms with Crippen LogP contribution in [-0.2, 0) is 4.74 Å². The number of phenols is 1. The molecule has 1 aromatic carbocycles. The average Bonchev–Trinajstić information content (AvgIpc) is 3.44.